The topological polar surface area (TPSA) is 81.9 Å². The van der Waals surface area contributed by atoms with Crippen molar-refractivity contribution in [1.82, 2.24) is 0 Å². The van der Waals surface area contributed by atoms with Crippen molar-refractivity contribution in [3.8, 4) is 11.5 Å². The van der Waals surface area contributed by atoms with E-state index >= 15 is 0 Å². The van der Waals surface area contributed by atoms with Gasteiger partial charge in [0.1, 0.15) is 0 Å². The summed E-state index contributed by atoms with van der Waals surface area (Å²) in [5.41, 5.74) is 6.69. The molecule has 106 valence electrons. The summed E-state index contributed by atoms with van der Waals surface area (Å²) >= 11 is 0. The minimum Gasteiger partial charge on any atom is -0.454 e. The molecule has 6 nitrogen and oxygen atoms in total. The largest absolute Gasteiger partial charge is 0.454 e. The monoisotopic (exact) mass is 276 g/mol. The van der Waals surface area contributed by atoms with Gasteiger partial charge in [0.15, 0.2) is 17.3 Å². The van der Waals surface area contributed by atoms with Gasteiger partial charge in [-0.3, -0.25) is 9.59 Å². The number of anilines is 1. The van der Waals surface area contributed by atoms with E-state index in [1.807, 2.05) is 0 Å². The second-order valence-electron chi connectivity index (χ2n) is 5.09. The average molecular weight is 276 g/mol. The van der Waals surface area contributed by atoms with Crippen molar-refractivity contribution < 1.29 is 19.1 Å². The molecule has 1 fully saturated rings. The van der Waals surface area contributed by atoms with Crippen molar-refractivity contribution in [2.75, 3.05) is 24.8 Å². The standard InChI is InChI=1S/C14H16N2O4/c1-8(17)10-3-12-13(20-7-19-12)4-11(10)16-6-9(5-15)2-14(16)18/h3-4,9H,2,5-7,15H2,1H3. The summed E-state index contributed by atoms with van der Waals surface area (Å²) in [7, 11) is 0. The summed E-state index contributed by atoms with van der Waals surface area (Å²) in [5.74, 6) is 1.12. The zero-order valence-electron chi connectivity index (χ0n) is 11.2. The van der Waals surface area contributed by atoms with E-state index in [4.69, 9.17) is 15.2 Å². The zero-order chi connectivity index (χ0) is 14.3. The highest BCUT2D eigenvalue weighted by molar-refractivity contribution is 6.06. The Balaban J connectivity index is 2.04. The lowest BCUT2D eigenvalue weighted by atomic mass is 10.1. The van der Waals surface area contributed by atoms with Crippen LogP contribution in [0.1, 0.15) is 23.7 Å². The normalized spacial score (nSPS) is 20.6. The number of nitrogens with zero attached hydrogens (tertiary/aromatic N) is 1. The molecule has 3 rings (SSSR count). The molecule has 20 heavy (non-hydrogen) atoms. The van der Waals surface area contributed by atoms with E-state index < -0.39 is 0 Å². The maximum Gasteiger partial charge on any atom is 0.231 e. The Morgan fingerprint density at radius 2 is 2.10 bits per heavy atom. The quantitative estimate of drug-likeness (QED) is 0.830. The Hall–Kier alpha value is -2.08. The lowest BCUT2D eigenvalue weighted by molar-refractivity contribution is -0.117. The molecule has 2 aliphatic heterocycles. The molecule has 2 heterocycles. The molecule has 6 heteroatoms. The van der Waals surface area contributed by atoms with Gasteiger partial charge >= 0.3 is 0 Å². The van der Waals surface area contributed by atoms with Crippen LogP contribution >= 0.6 is 0 Å². The predicted molar refractivity (Wildman–Crippen MR) is 72.1 cm³/mol. The minimum absolute atomic E-state index is 0.0122. The van der Waals surface area contributed by atoms with Gasteiger partial charge in [0.25, 0.3) is 0 Å². The molecule has 1 aromatic rings. The first kappa shape index (κ1) is 12.9. The lowest BCUT2D eigenvalue weighted by Crippen LogP contribution is -2.27. The molecule has 2 N–H and O–H groups in total. The minimum atomic E-state index is -0.109. The number of amides is 1. The number of hydrogen-bond acceptors (Lipinski definition) is 5. The van der Waals surface area contributed by atoms with Crippen LogP contribution in [0, 0.1) is 5.92 Å². The van der Waals surface area contributed by atoms with Crippen LogP contribution in [0.15, 0.2) is 12.1 Å². The number of benzene rings is 1. The highest BCUT2D eigenvalue weighted by Gasteiger charge is 2.33. The number of rotatable bonds is 3. The Labute approximate surface area is 116 Å². The van der Waals surface area contributed by atoms with Crippen molar-refractivity contribution in [2.24, 2.45) is 11.7 Å². The van der Waals surface area contributed by atoms with Crippen molar-refractivity contribution in [2.45, 2.75) is 13.3 Å². The molecule has 1 amide bonds. The van der Waals surface area contributed by atoms with E-state index in [1.54, 1.807) is 17.0 Å². The Morgan fingerprint density at radius 3 is 2.70 bits per heavy atom. The van der Waals surface area contributed by atoms with Crippen LogP contribution in [0.3, 0.4) is 0 Å². The Bertz CT molecular complexity index is 585. The fourth-order valence-corrected chi connectivity index (χ4v) is 2.61. The third kappa shape index (κ3) is 2.02. The maximum atomic E-state index is 12.1. The third-order valence-electron chi connectivity index (χ3n) is 3.70. The molecule has 0 aliphatic carbocycles. The van der Waals surface area contributed by atoms with Crippen LogP contribution in [-0.4, -0.2) is 31.6 Å². The fraction of sp³-hybridized carbons (Fsp3) is 0.429. The number of ketones is 1. The molecule has 1 saturated heterocycles. The number of fused-ring (bicyclic) bond motifs is 1. The summed E-state index contributed by atoms with van der Waals surface area (Å²) in [4.78, 5) is 25.5. The van der Waals surface area contributed by atoms with E-state index in [9.17, 15) is 9.59 Å². The molecule has 1 aromatic carbocycles. The molecule has 0 bridgehead atoms. The van der Waals surface area contributed by atoms with Gasteiger partial charge in [-0.1, -0.05) is 0 Å². The molecule has 0 aromatic heterocycles. The van der Waals surface area contributed by atoms with Crippen molar-refractivity contribution >= 4 is 17.4 Å². The van der Waals surface area contributed by atoms with Gasteiger partial charge in [0.2, 0.25) is 12.7 Å². The van der Waals surface area contributed by atoms with E-state index in [0.717, 1.165) is 0 Å². The number of Topliss-reactive ketones (excluding diaryl/α,β-unsaturated/α-hetero) is 1. The summed E-state index contributed by atoms with van der Waals surface area (Å²) < 4.78 is 10.6. The maximum absolute atomic E-state index is 12.1. The van der Waals surface area contributed by atoms with E-state index in [2.05, 4.69) is 0 Å². The number of nitrogens with two attached hydrogens (primary N) is 1. The molecule has 1 atom stereocenters. The SMILES string of the molecule is CC(=O)c1cc2c(cc1N1CC(CN)CC1=O)OCO2. The second kappa shape index (κ2) is 4.79. The van der Waals surface area contributed by atoms with Gasteiger partial charge in [-0.25, -0.2) is 0 Å². The van der Waals surface area contributed by atoms with Gasteiger partial charge in [0, 0.05) is 24.6 Å². The number of carbonyl (C=O) groups is 2. The van der Waals surface area contributed by atoms with E-state index in [0.29, 0.717) is 42.3 Å². The Morgan fingerprint density at radius 1 is 1.40 bits per heavy atom. The first-order valence-electron chi connectivity index (χ1n) is 6.55. The van der Waals surface area contributed by atoms with Crippen LogP contribution in [0.2, 0.25) is 0 Å². The summed E-state index contributed by atoms with van der Waals surface area (Å²) in [6.45, 7) is 2.61. The number of hydrogen-bond donors (Lipinski definition) is 1. The van der Waals surface area contributed by atoms with Crippen molar-refractivity contribution in [3.05, 3.63) is 17.7 Å². The zero-order valence-corrected chi connectivity index (χ0v) is 11.2. The molecule has 2 aliphatic rings. The second-order valence-corrected chi connectivity index (χ2v) is 5.09. The average Bonchev–Trinajstić information content (AvgIpc) is 3.02. The first-order chi connectivity index (χ1) is 9.60. The molecule has 1 unspecified atom stereocenters. The Kier molecular flexibility index (Phi) is 3.10. The molecule has 0 radical (unpaired) electrons. The van der Waals surface area contributed by atoms with Gasteiger partial charge in [-0.05, 0) is 25.5 Å². The lowest BCUT2D eigenvalue weighted by Gasteiger charge is -2.20. The van der Waals surface area contributed by atoms with Crippen LogP contribution in [0.4, 0.5) is 5.69 Å². The van der Waals surface area contributed by atoms with Crippen LogP contribution in [0.25, 0.3) is 0 Å². The van der Waals surface area contributed by atoms with E-state index in [-0.39, 0.29) is 24.4 Å². The molecule has 0 spiro atoms. The highest BCUT2D eigenvalue weighted by Crippen LogP contribution is 2.40. The van der Waals surface area contributed by atoms with Gasteiger partial charge in [-0.15, -0.1) is 0 Å². The number of carbonyl (C=O) groups excluding carboxylic acids is 2. The fourth-order valence-electron chi connectivity index (χ4n) is 2.61. The summed E-state index contributed by atoms with van der Waals surface area (Å²) in [6, 6.07) is 3.35. The van der Waals surface area contributed by atoms with Crippen LogP contribution in [0.5, 0.6) is 11.5 Å². The van der Waals surface area contributed by atoms with Gasteiger partial charge in [0.05, 0.1) is 5.69 Å². The molecule has 0 saturated carbocycles. The third-order valence-corrected chi connectivity index (χ3v) is 3.70. The van der Waals surface area contributed by atoms with Gasteiger partial charge in [-0.2, -0.15) is 0 Å². The number of ether oxygens (including phenoxy) is 2. The molecular formula is C14H16N2O4. The smallest absolute Gasteiger partial charge is 0.231 e. The van der Waals surface area contributed by atoms with Crippen molar-refractivity contribution in [1.29, 1.82) is 0 Å². The van der Waals surface area contributed by atoms with Crippen LogP contribution < -0.4 is 20.1 Å². The molecular weight excluding hydrogens is 260 g/mol. The summed E-state index contributed by atoms with van der Waals surface area (Å²) in [5, 5.41) is 0. The highest BCUT2D eigenvalue weighted by atomic mass is 16.7. The van der Waals surface area contributed by atoms with Crippen molar-refractivity contribution in [3.63, 3.8) is 0 Å². The van der Waals surface area contributed by atoms with Crippen LogP contribution in [-0.2, 0) is 4.79 Å². The summed E-state index contributed by atoms with van der Waals surface area (Å²) in [6.07, 6.45) is 0.419. The predicted octanol–water partition coefficient (Wildman–Crippen LogP) is 0.929. The van der Waals surface area contributed by atoms with E-state index in [1.165, 1.54) is 6.92 Å². The first-order valence-corrected chi connectivity index (χ1v) is 6.55. The van der Waals surface area contributed by atoms with Gasteiger partial charge < -0.3 is 20.1 Å².